The molecule has 1 aliphatic heterocycles. The van der Waals surface area contributed by atoms with Crippen LogP contribution in [-0.4, -0.2) is 86.2 Å². The molecule has 2 saturated carbocycles. The molecule has 1 aromatic carbocycles. The molecule has 4 unspecified atom stereocenters. The molecule has 10 heteroatoms. The molecule has 3 fully saturated rings. The van der Waals surface area contributed by atoms with Gasteiger partial charge in [0.15, 0.2) is 17.8 Å². The lowest BCUT2D eigenvalue weighted by Gasteiger charge is -2.33. The molecular formula is C28H40N2O8. The van der Waals surface area contributed by atoms with Gasteiger partial charge in [-0.2, -0.15) is 0 Å². The number of aliphatic carboxylic acids is 2. The minimum atomic E-state index is -2.27. The fourth-order valence-corrected chi connectivity index (χ4v) is 5.67. The van der Waals surface area contributed by atoms with Crippen molar-refractivity contribution >= 4 is 17.8 Å². The van der Waals surface area contributed by atoms with Crippen molar-refractivity contribution in [3.05, 3.63) is 47.5 Å². The van der Waals surface area contributed by atoms with Gasteiger partial charge in [-0.15, -0.1) is 0 Å². The molecule has 0 bridgehead atoms. The fourth-order valence-electron chi connectivity index (χ4n) is 5.67. The first-order valence-corrected chi connectivity index (χ1v) is 13.2. The van der Waals surface area contributed by atoms with Crippen molar-refractivity contribution in [3.8, 4) is 0 Å². The van der Waals surface area contributed by atoms with E-state index in [0.717, 1.165) is 57.3 Å². The summed E-state index contributed by atoms with van der Waals surface area (Å²) in [6, 6.07) is 9.81. The third-order valence-corrected chi connectivity index (χ3v) is 7.88. The number of carbonyl (C=O) groups excluding carboxylic acids is 1. The van der Waals surface area contributed by atoms with Gasteiger partial charge in [-0.3, -0.25) is 4.79 Å². The number of carbonyl (C=O) groups is 3. The van der Waals surface area contributed by atoms with Crippen molar-refractivity contribution in [1.82, 2.24) is 10.2 Å². The van der Waals surface area contributed by atoms with Crippen LogP contribution in [0.3, 0.4) is 0 Å². The molecule has 0 spiro atoms. The number of nitrogens with one attached hydrogen (secondary N) is 1. The maximum Gasteiger partial charge on any atom is 0.335 e. The Labute approximate surface area is 223 Å². The fraction of sp³-hybridized carbons (Fsp3) is 0.607. The molecule has 6 N–H and O–H groups in total. The molecule has 2 aliphatic carbocycles. The summed E-state index contributed by atoms with van der Waals surface area (Å²) in [5.74, 6) is -2.58. The maximum atomic E-state index is 13.3. The van der Waals surface area contributed by atoms with E-state index in [1.54, 1.807) is 0 Å². The van der Waals surface area contributed by atoms with Crippen LogP contribution in [0.2, 0.25) is 0 Å². The first-order valence-electron chi connectivity index (χ1n) is 13.2. The molecule has 38 heavy (non-hydrogen) atoms. The molecule has 3 aliphatic rings. The zero-order chi connectivity index (χ0) is 28.0. The minimum Gasteiger partial charge on any atom is -0.479 e. The van der Waals surface area contributed by atoms with Crippen LogP contribution in [0.25, 0.3) is 0 Å². The van der Waals surface area contributed by atoms with E-state index < -0.39 is 29.7 Å². The molecular weight excluding hydrogens is 492 g/mol. The zero-order valence-corrected chi connectivity index (χ0v) is 22.0. The summed E-state index contributed by atoms with van der Waals surface area (Å²) in [6.45, 7) is 7.53. The van der Waals surface area contributed by atoms with Gasteiger partial charge in [0.05, 0.1) is 0 Å². The van der Waals surface area contributed by atoms with Crippen molar-refractivity contribution < 1.29 is 39.9 Å². The van der Waals surface area contributed by atoms with E-state index in [2.05, 4.69) is 30.1 Å². The molecule has 0 radical (unpaired) electrons. The molecule has 1 amide bonds. The highest BCUT2D eigenvalue weighted by Crippen LogP contribution is 2.47. The Morgan fingerprint density at radius 2 is 1.53 bits per heavy atom. The van der Waals surface area contributed by atoms with Crippen LogP contribution in [0.1, 0.15) is 51.5 Å². The van der Waals surface area contributed by atoms with Gasteiger partial charge >= 0.3 is 11.9 Å². The Balaban J connectivity index is 0.000000342. The van der Waals surface area contributed by atoms with E-state index in [-0.39, 0.29) is 17.9 Å². The summed E-state index contributed by atoms with van der Waals surface area (Å²) in [4.78, 5) is 35.3. The third-order valence-electron chi connectivity index (χ3n) is 7.88. The molecule has 1 saturated heterocycles. The number of allylic oxidation sites excluding steroid dienone is 1. The van der Waals surface area contributed by atoms with Gasteiger partial charge in [-0.1, -0.05) is 54.8 Å². The number of fused-ring (bicyclic) bond motifs is 1. The van der Waals surface area contributed by atoms with Gasteiger partial charge in [0, 0.05) is 31.6 Å². The molecule has 0 aromatic heterocycles. The second-order valence-electron chi connectivity index (χ2n) is 10.8. The summed E-state index contributed by atoms with van der Waals surface area (Å²) in [7, 11) is 0. The van der Waals surface area contributed by atoms with Gasteiger partial charge in [0.25, 0.3) is 5.91 Å². The van der Waals surface area contributed by atoms with Gasteiger partial charge < -0.3 is 35.7 Å². The SMILES string of the molecule is CC(C)=CCCN1CC2C(C1)C2NC(=O)[C@](O)(c1ccccc1)C1CCCC1.O=C(O)C(O)C(O)C(=O)O. The van der Waals surface area contributed by atoms with Crippen molar-refractivity contribution in [1.29, 1.82) is 0 Å². The molecule has 10 nitrogen and oxygen atoms in total. The average Bonchev–Trinajstić information content (AvgIpc) is 3.29. The highest BCUT2D eigenvalue weighted by atomic mass is 16.4. The largest absolute Gasteiger partial charge is 0.479 e. The number of benzene rings is 1. The molecule has 1 heterocycles. The highest BCUT2D eigenvalue weighted by molar-refractivity contribution is 5.87. The number of aliphatic hydroxyl groups is 3. The number of hydrogen-bond donors (Lipinski definition) is 6. The number of aliphatic hydroxyl groups excluding tert-OH is 2. The van der Waals surface area contributed by atoms with Crippen molar-refractivity contribution in [2.45, 2.75) is 69.8 Å². The predicted octanol–water partition coefficient (Wildman–Crippen LogP) is 1.34. The maximum absolute atomic E-state index is 13.3. The summed E-state index contributed by atoms with van der Waals surface area (Å²) in [5, 5.41) is 47.3. The van der Waals surface area contributed by atoms with Gasteiger partial charge in [0.2, 0.25) is 0 Å². The van der Waals surface area contributed by atoms with Crippen molar-refractivity contribution in [3.63, 3.8) is 0 Å². The van der Waals surface area contributed by atoms with Gasteiger partial charge in [-0.05, 0) is 50.5 Å². The number of nitrogens with zero attached hydrogens (tertiary/aromatic N) is 1. The zero-order valence-electron chi connectivity index (χ0n) is 22.0. The monoisotopic (exact) mass is 532 g/mol. The van der Waals surface area contributed by atoms with Crippen LogP contribution < -0.4 is 5.32 Å². The number of carboxylic acid groups (broad SMARTS) is 2. The van der Waals surface area contributed by atoms with Crippen LogP contribution >= 0.6 is 0 Å². The van der Waals surface area contributed by atoms with Gasteiger partial charge in [0.1, 0.15) is 0 Å². The summed E-state index contributed by atoms with van der Waals surface area (Å²) in [5.41, 5.74) is 0.729. The van der Waals surface area contributed by atoms with E-state index in [1.807, 2.05) is 30.3 Å². The smallest absolute Gasteiger partial charge is 0.335 e. The minimum absolute atomic E-state index is 0.0223. The predicted molar refractivity (Wildman–Crippen MR) is 139 cm³/mol. The number of hydrogen-bond acceptors (Lipinski definition) is 7. The topological polar surface area (TPSA) is 168 Å². The Morgan fingerprint density at radius 1 is 1.00 bits per heavy atom. The molecule has 210 valence electrons. The van der Waals surface area contributed by atoms with E-state index in [1.165, 1.54) is 5.57 Å². The molecule has 1 aromatic rings. The summed E-state index contributed by atoms with van der Waals surface area (Å²) >= 11 is 0. The van der Waals surface area contributed by atoms with E-state index in [4.69, 9.17) is 20.4 Å². The quantitative estimate of drug-likeness (QED) is 0.244. The standard InChI is InChI=1S/C24H34N2O2.C4H6O6/c1-17(2)9-8-14-26-15-20-21(16-26)22(20)25-23(27)24(28,19-12-6-7-13-19)18-10-4-3-5-11-18;5-1(3(7)8)2(6)4(9)10/h3-5,9-11,19-22,28H,6-8,12-16H2,1-2H3,(H,25,27);1-2,5-6H,(H,7,8)(H,9,10)/t20?,21?,22?,24-;/m0./s1. The Morgan fingerprint density at radius 3 is 2.00 bits per heavy atom. The number of piperidine rings is 1. The summed E-state index contributed by atoms with van der Waals surface area (Å²) in [6.07, 6.45) is 2.92. The average molecular weight is 533 g/mol. The van der Waals surface area contributed by atoms with Crippen LogP contribution in [-0.2, 0) is 20.0 Å². The second kappa shape index (κ2) is 12.8. The molecule has 4 rings (SSSR count). The van der Waals surface area contributed by atoms with E-state index in [9.17, 15) is 19.5 Å². The van der Waals surface area contributed by atoms with Crippen molar-refractivity contribution in [2.75, 3.05) is 19.6 Å². The third kappa shape index (κ3) is 6.99. The number of rotatable bonds is 10. The van der Waals surface area contributed by atoms with Crippen LogP contribution in [0.15, 0.2) is 42.0 Å². The Hall–Kier alpha value is -2.79. The first-order chi connectivity index (χ1) is 18.0. The van der Waals surface area contributed by atoms with Crippen molar-refractivity contribution in [2.24, 2.45) is 17.8 Å². The van der Waals surface area contributed by atoms with Crippen LogP contribution in [0.5, 0.6) is 0 Å². The lowest BCUT2D eigenvalue weighted by Crippen LogP contribution is -2.51. The lowest BCUT2D eigenvalue weighted by atomic mass is 9.79. The van der Waals surface area contributed by atoms with Crippen LogP contribution in [0, 0.1) is 17.8 Å². The van der Waals surface area contributed by atoms with Gasteiger partial charge in [-0.25, -0.2) is 9.59 Å². The second-order valence-corrected chi connectivity index (χ2v) is 10.8. The Kier molecular flexibility index (Phi) is 10.1. The lowest BCUT2D eigenvalue weighted by molar-refractivity contribution is -0.165. The number of amides is 1. The van der Waals surface area contributed by atoms with Crippen LogP contribution in [0.4, 0.5) is 0 Å². The highest BCUT2D eigenvalue weighted by Gasteiger charge is 2.58. The first kappa shape index (κ1) is 29.8. The Bertz CT molecular complexity index is 975. The number of carboxylic acids is 2. The number of likely N-dealkylation sites (tertiary alicyclic amines) is 1. The van der Waals surface area contributed by atoms with E-state index in [0.29, 0.717) is 11.8 Å². The van der Waals surface area contributed by atoms with E-state index >= 15 is 0 Å². The molecule has 5 atom stereocenters. The summed E-state index contributed by atoms with van der Waals surface area (Å²) < 4.78 is 0. The normalized spacial score (nSPS) is 25.7.